The van der Waals surface area contributed by atoms with Crippen molar-refractivity contribution in [3.8, 4) is 5.75 Å². The fourth-order valence-electron chi connectivity index (χ4n) is 9.95. The number of carbonyl (C=O) groups is 15. The summed E-state index contributed by atoms with van der Waals surface area (Å²) in [6.07, 6.45) is -6.75. The highest BCUT2D eigenvalue weighted by molar-refractivity contribution is 5.99. The highest BCUT2D eigenvalue weighted by Gasteiger charge is 2.42. The third-order valence-electron chi connectivity index (χ3n) is 15.2. The van der Waals surface area contributed by atoms with Gasteiger partial charge in [-0.15, -0.1) is 0 Å². The van der Waals surface area contributed by atoms with Gasteiger partial charge in [-0.2, -0.15) is 0 Å². The maximum absolute atomic E-state index is 14.7. The van der Waals surface area contributed by atoms with Crippen molar-refractivity contribution in [3.05, 3.63) is 65.7 Å². The molecule has 30 nitrogen and oxygen atoms in total. The highest BCUT2D eigenvalue weighted by Crippen LogP contribution is 2.24. The number of ketones is 1. The molecule has 500 valence electrons. The normalized spacial score (nSPS) is 16.1. The van der Waals surface area contributed by atoms with Gasteiger partial charge in [0.05, 0.1) is 12.5 Å². The Hall–Kier alpha value is -9.51. The average molecular weight is 1280 g/mol. The molecule has 1 heterocycles. The van der Waals surface area contributed by atoms with Crippen molar-refractivity contribution >= 4 is 88.9 Å². The van der Waals surface area contributed by atoms with E-state index in [2.05, 4.69) is 37.2 Å². The molecule has 1 aliphatic heterocycles. The minimum atomic E-state index is -1.79. The van der Waals surface area contributed by atoms with Gasteiger partial charge < -0.3 is 77.9 Å². The molecule has 14 N–H and O–H groups in total. The van der Waals surface area contributed by atoms with E-state index >= 15 is 0 Å². The number of nitrogens with zero attached hydrogens (tertiary/aromatic N) is 1. The minimum absolute atomic E-state index is 0.0140. The van der Waals surface area contributed by atoms with Crippen LogP contribution in [-0.2, 0) is 84.8 Å². The van der Waals surface area contributed by atoms with Crippen LogP contribution in [-0.4, -0.2) is 184 Å². The summed E-state index contributed by atoms with van der Waals surface area (Å²) in [6.45, 7) is 7.86. The zero-order valence-electron chi connectivity index (χ0n) is 51.3. The number of hydrogen-bond donors (Lipinski definition) is 14. The van der Waals surface area contributed by atoms with Crippen molar-refractivity contribution in [2.75, 3.05) is 6.54 Å². The van der Waals surface area contributed by atoms with Crippen LogP contribution < -0.4 is 37.2 Å². The van der Waals surface area contributed by atoms with Crippen molar-refractivity contribution in [3.63, 3.8) is 0 Å². The number of likely N-dealkylation sites (tertiary alicyclic amines) is 1. The fourth-order valence-corrected chi connectivity index (χ4v) is 9.95. The van der Waals surface area contributed by atoms with E-state index in [4.69, 9.17) is 0 Å². The molecule has 0 spiro atoms. The standard InChI is InChI=1S/C61H84N8O22/c1-6-33(4)52(68-54(83)37(16-22-47(72)73)31-46(71)39(19-23-48(74)75)62-57(86)42(29-35-11-8-7-9-12-35)65-53(82)34(5)28-51(80)81)60(89)69-26-10-13-45(69)59(88)64-41(21-25-50(78)79)55(84)63-40(20-24-49(76)77)56(85)66-43(30-36-14-17-38(70)18-15-36)58(87)67-44(61(90)91)27-32(2)3/h7-9,11-12,14-15,17-18,32-34,37,39-45,52,70H,6,10,13,16,19-31H2,1-5H3,(H,62,86)(H,63,84)(H,64,88)(H,65,82)(H,66,85)(H,67,87)(H,68,83)(H,72,73)(H,74,75)(H,76,77)(H,78,79)(H,80,81)(H,90,91)/t33-,34-,37+,39-,40-,41-,42-,43-,44-,45-,52-/m0/s1. The second-order valence-electron chi connectivity index (χ2n) is 23.1. The molecule has 0 bridgehead atoms. The lowest BCUT2D eigenvalue weighted by Crippen LogP contribution is -2.60. The van der Waals surface area contributed by atoms with Gasteiger partial charge in [0, 0.05) is 63.3 Å². The molecule has 30 heteroatoms. The highest BCUT2D eigenvalue weighted by atomic mass is 16.4. The van der Waals surface area contributed by atoms with E-state index in [0.29, 0.717) is 11.1 Å². The average Bonchev–Trinajstić information content (AvgIpc) is 1.91. The predicted molar refractivity (Wildman–Crippen MR) is 319 cm³/mol. The number of aromatic hydroxyl groups is 1. The van der Waals surface area contributed by atoms with Crippen LogP contribution in [0, 0.1) is 23.7 Å². The van der Waals surface area contributed by atoms with Gasteiger partial charge in [-0.3, -0.25) is 67.1 Å². The Bertz CT molecular complexity index is 2920. The Morgan fingerprint density at radius 2 is 0.945 bits per heavy atom. The molecule has 0 radical (unpaired) electrons. The molecule has 91 heavy (non-hydrogen) atoms. The number of Topliss-reactive ketones (excluding diaryl/α,β-unsaturated/α-hetero) is 1. The molecule has 0 aromatic heterocycles. The van der Waals surface area contributed by atoms with Gasteiger partial charge in [-0.25, -0.2) is 4.79 Å². The molecule has 1 fully saturated rings. The van der Waals surface area contributed by atoms with E-state index in [1.54, 1.807) is 58.0 Å². The van der Waals surface area contributed by atoms with E-state index in [-0.39, 0.29) is 56.7 Å². The molecule has 0 saturated carbocycles. The zero-order chi connectivity index (χ0) is 68.2. The number of phenolic OH excluding ortho intramolecular Hbond substituents is 1. The summed E-state index contributed by atoms with van der Waals surface area (Å²) < 4.78 is 0. The van der Waals surface area contributed by atoms with E-state index in [0.717, 1.165) is 4.90 Å². The number of phenols is 1. The summed E-state index contributed by atoms with van der Waals surface area (Å²) in [6, 6.07) is 1.12. The predicted octanol–water partition coefficient (Wildman–Crippen LogP) is 0.884. The monoisotopic (exact) mass is 1280 g/mol. The van der Waals surface area contributed by atoms with Gasteiger partial charge >= 0.3 is 35.8 Å². The van der Waals surface area contributed by atoms with Crippen molar-refractivity contribution < 1.29 is 108 Å². The van der Waals surface area contributed by atoms with Gasteiger partial charge in [0.1, 0.15) is 48.0 Å². The number of nitrogens with one attached hydrogen (secondary N) is 7. The first kappa shape index (κ1) is 75.7. The SMILES string of the molecule is CC[C@H](C)[C@H](NC(=O)[C@H](CCC(=O)O)CC(=O)[C@H](CCC(=O)O)NC(=O)[C@H](Cc1ccccc1)NC(=O)[C@@H](C)CC(=O)O)C(=O)N1CCC[C@H]1C(=O)N[C@@H](CCC(=O)O)C(=O)N[C@@H](CCC(=O)O)C(=O)N[C@@H](Cc1ccc(O)cc1)C(=O)N[C@@H](CC(C)C)C(=O)O. The number of rotatable bonds is 41. The second kappa shape index (κ2) is 37.5. The van der Waals surface area contributed by atoms with Crippen LogP contribution in [0.1, 0.15) is 136 Å². The lowest BCUT2D eigenvalue weighted by atomic mass is 9.90. The van der Waals surface area contributed by atoms with Gasteiger partial charge in [-0.1, -0.05) is 83.5 Å². The Kier molecular flexibility index (Phi) is 31.2. The zero-order valence-corrected chi connectivity index (χ0v) is 51.3. The number of carboxylic acid groups (broad SMARTS) is 6. The number of aliphatic carboxylic acids is 6. The molecule has 1 aliphatic rings. The topological polar surface area (TPSA) is 485 Å². The summed E-state index contributed by atoms with van der Waals surface area (Å²) in [5.41, 5.74) is 0.899. The van der Waals surface area contributed by atoms with Crippen LogP contribution in [0.3, 0.4) is 0 Å². The quantitative estimate of drug-likeness (QED) is 0.0439. The van der Waals surface area contributed by atoms with Crippen LogP contribution in [0.2, 0.25) is 0 Å². The number of amides is 8. The summed E-state index contributed by atoms with van der Waals surface area (Å²) in [7, 11) is 0. The van der Waals surface area contributed by atoms with Gasteiger partial charge in [0.2, 0.25) is 47.3 Å². The summed E-state index contributed by atoms with van der Waals surface area (Å²) in [4.78, 5) is 199. The molecular formula is C61H84N8O22. The van der Waals surface area contributed by atoms with Crippen molar-refractivity contribution in [2.24, 2.45) is 23.7 Å². The van der Waals surface area contributed by atoms with E-state index in [1.807, 2.05) is 0 Å². The van der Waals surface area contributed by atoms with Crippen LogP contribution in [0.15, 0.2) is 54.6 Å². The number of hydrogen-bond acceptors (Lipinski definition) is 16. The maximum Gasteiger partial charge on any atom is 0.326 e. The van der Waals surface area contributed by atoms with E-state index in [1.165, 1.54) is 31.2 Å². The van der Waals surface area contributed by atoms with Crippen LogP contribution >= 0.6 is 0 Å². The Labute approximate surface area is 524 Å². The molecule has 1 saturated heterocycles. The van der Waals surface area contributed by atoms with Gasteiger partial charge in [-0.05, 0) is 80.0 Å². The van der Waals surface area contributed by atoms with E-state index < -0.39 is 219 Å². The molecule has 0 unspecified atom stereocenters. The minimum Gasteiger partial charge on any atom is -0.508 e. The van der Waals surface area contributed by atoms with Crippen LogP contribution in [0.25, 0.3) is 0 Å². The Balaban J connectivity index is 1.94. The Morgan fingerprint density at radius 1 is 0.495 bits per heavy atom. The lowest BCUT2D eigenvalue weighted by Gasteiger charge is -2.33. The first-order chi connectivity index (χ1) is 42.8. The molecule has 3 rings (SSSR count). The smallest absolute Gasteiger partial charge is 0.326 e. The first-order valence-electron chi connectivity index (χ1n) is 29.9. The van der Waals surface area contributed by atoms with Crippen LogP contribution in [0.4, 0.5) is 0 Å². The third kappa shape index (κ3) is 26.6. The number of benzene rings is 2. The Morgan fingerprint density at radius 3 is 1.44 bits per heavy atom. The molecule has 2 aromatic rings. The molecule has 2 aromatic carbocycles. The van der Waals surface area contributed by atoms with Crippen molar-refractivity contribution in [1.82, 2.24) is 42.1 Å². The van der Waals surface area contributed by atoms with E-state index in [9.17, 15) is 108 Å². The van der Waals surface area contributed by atoms with Gasteiger partial charge in [0.25, 0.3) is 0 Å². The molecule has 8 amide bonds. The van der Waals surface area contributed by atoms with Crippen molar-refractivity contribution in [1.29, 1.82) is 0 Å². The first-order valence-corrected chi connectivity index (χ1v) is 29.9. The number of carboxylic acids is 6. The van der Waals surface area contributed by atoms with Crippen LogP contribution in [0.5, 0.6) is 5.75 Å². The second-order valence-corrected chi connectivity index (χ2v) is 23.1. The summed E-state index contributed by atoms with van der Waals surface area (Å²) in [5.74, 6) is -21.0. The molecule has 11 atom stereocenters. The van der Waals surface area contributed by atoms with Crippen molar-refractivity contribution in [2.45, 2.75) is 186 Å². The lowest BCUT2D eigenvalue weighted by molar-refractivity contribution is -0.144. The fraction of sp³-hybridized carbons (Fsp3) is 0.557. The third-order valence-corrected chi connectivity index (χ3v) is 15.2. The number of carbonyl (C=O) groups excluding carboxylic acids is 9. The molecule has 0 aliphatic carbocycles. The summed E-state index contributed by atoms with van der Waals surface area (Å²) >= 11 is 0. The molecular weight excluding hydrogens is 1200 g/mol. The maximum atomic E-state index is 14.7. The van der Waals surface area contributed by atoms with Gasteiger partial charge in [0.15, 0.2) is 5.78 Å². The summed E-state index contributed by atoms with van der Waals surface area (Å²) in [5, 5.41) is 84.8. The largest absolute Gasteiger partial charge is 0.508 e.